The summed E-state index contributed by atoms with van der Waals surface area (Å²) in [5.41, 5.74) is 1.87. The summed E-state index contributed by atoms with van der Waals surface area (Å²) >= 11 is 0. The maximum absolute atomic E-state index is 5.55. The Morgan fingerprint density at radius 2 is 1.14 bits per heavy atom. The van der Waals surface area contributed by atoms with Gasteiger partial charge in [0, 0.05) is 16.5 Å². The maximum atomic E-state index is 5.55. The predicted molar refractivity (Wildman–Crippen MR) is 86.7 cm³/mol. The molecule has 0 aliphatic rings. The molecule has 0 aromatic heterocycles. The third kappa shape index (κ3) is 3.00. The Bertz CT molecular complexity index is 586. The molecular formula is C19H20O2. The monoisotopic (exact) mass is 280 g/mol. The molecule has 0 radical (unpaired) electrons. The van der Waals surface area contributed by atoms with Gasteiger partial charge >= 0.3 is 0 Å². The Morgan fingerprint density at radius 1 is 0.762 bits per heavy atom. The van der Waals surface area contributed by atoms with Crippen molar-refractivity contribution in [1.29, 1.82) is 0 Å². The lowest BCUT2D eigenvalue weighted by molar-refractivity contribution is 0.445. The molecule has 0 saturated carbocycles. The van der Waals surface area contributed by atoms with Crippen molar-refractivity contribution in [2.45, 2.75) is 19.3 Å². The highest BCUT2D eigenvalue weighted by atomic mass is 16.5. The second-order valence-corrected chi connectivity index (χ2v) is 5.19. The molecule has 0 heterocycles. The molecule has 21 heavy (non-hydrogen) atoms. The minimum absolute atomic E-state index is 0.279. The third-order valence-electron chi connectivity index (χ3n) is 3.54. The highest BCUT2D eigenvalue weighted by Gasteiger charge is 2.29. The third-order valence-corrected chi connectivity index (χ3v) is 3.54. The fraction of sp³-hybridized carbons (Fsp3) is 0.158. The zero-order chi connectivity index (χ0) is 15.3. The van der Waals surface area contributed by atoms with Gasteiger partial charge in [-0.3, -0.25) is 0 Å². The average molecular weight is 280 g/mol. The molecule has 0 amide bonds. The van der Waals surface area contributed by atoms with Crippen LogP contribution in [0.5, 0.6) is 11.5 Å². The number of hydrogen-bond acceptors (Lipinski definition) is 2. The molecule has 0 unspecified atom stereocenters. The van der Waals surface area contributed by atoms with Gasteiger partial charge in [-0.05, 0) is 12.1 Å². The van der Waals surface area contributed by atoms with E-state index in [0.29, 0.717) is 0 Å². The number of hydrogen-bond donors (Lipinski definition) is 0. The van der Waals surface area contributed by atoms with Crippen LogP contribution in [-0.2, 0) is 5.41 Å². The second-order valence-electron chi connectivity index (χ2n) is 5.19. The first-order valence-corrected chi connectivity index (χ1v) is 6.85. The fourth-order valence-corrected chi connectivity index (χ4v) is 2.50. The summed E-state index contributed by atoms with van der Waals surface area (Å²) in [7, 11) is 0. The van der Waals surface area contributed by atoms with Crippen LogP contribution in [0.3, 0.4) is 0 Å². The van der Waals surface area contributed by atoms with Crippen LogP contribution >= 0.6 is 0 Å². The van der Waals surface area contributed by atoms with Gasteiger partial charge in [-0.15, -0.1) is 0 Å². The van der Waals surface area contributed by atoms with Crippen molar-refractivity contribution < 1.29 is 9.47 Å². The number of para-hydroxylation sites is 2. The summed E-state index contributed by atoms with van der Waals surface area (Å²) in [6.45, 7) is 11.6. The molecule has 0 fully saturated rings. The predicted octanol–water partition coefficient (Wildman–Crippen LogP) is 5.06. The Hall–Kier alpha value is -2.48. The Labute approximate surface area is 126 Å². The van der Waals surface area contributed by atoms with Crippen molar-refractivity contribution in [2.24, 2.45) is 0 Å². The van der Waals surface area contributed by atoms with E-state index in [2.05, 4.69) is 39.1 Å². The minimum atomic E-state index is -0.279. The van der Waals surface area contributed by atoms with Crippen molar-refractivity contribution in [3.05, 3.63) is 85.3 Å². The number of benzene rings is 2. The summed E-state index contributed by atoms with van der Waals surface area (Å²) in [6, 6.07) is 15.9. The van der Waals surface area contributed by atoms with Crippen molar-refractivity contribution >= 4 is 0 Å². The largest absolute Gasteiger partial charge is 0.465 e. The van der Waals surface area contributed by atoms with E-state index in [4.69, 9.17) is 9.47 Å². The summed E-state index contributed by atoms with van der Waals surface area (Å²) in [6.07, 6.45) is 2.89. The van der Waals surface area contributed by atoms with Gasteiger partial charge in [0.25, 0.3) is 0 Å². The van der Waals surface area contributed by atoms with E-state index >= 15 is 0 Å². The van der Waals surface area contributed by atoms with Crippen LogP contribution in [-0.4, -0.2) is 0 Å². The quantitative estimate of drug-likeness (QED) is 0.689. The lowest BCUT2D eigenvalue weighted by Crippen LogP contribution is -2.20. The minimum Gasteiger partial charge on any atom is -0.465 e. The van der Waals surface area contributed by atoms with Gasteiger partial charge in [0.2, 0.25) is 0 Å². The van der Waals surface area contributed by atoms with Crippen LogP contribution in [0.15, 0.2) is 74.2 Å². The van der Waals surface area contributed by atoms with Crippen molar-refractivity contribution in [1.82, 2.24) is 0 Å². The molecule has 0 N–H and O–H groups in total. The van der Waals surface area contributed by atoms with Crippen LogP contribution in [0.4, 0.5) is 0 Å². The lowest BCUT2D eigenvalue weighted by atomic mass is 9.77. The molecule has 2 aromatic rings. The summed E-state index contributed by atoms with van der Waals surface area (Å²) in [5.74, 6) is 1.59. The first-order valence-electron chi connectivity index (χ1n) is 6.85. The van der Waals surface area contributed by atoms with Gasteiger partial charge in [0.1, 0.15) is 11.5 Å². The van der Waals surface area contributed by atoms with E-state index in [9.17, 15) is 0 Å². The highest BCUT2D eigenvalue weighted by Crippen LogP contribution is 2.41. The lowest BCUT2D eigenvalue weighted by Gasteiger charge is -2.29. The van der Waals surface area contributed by atoms with Crippen LogP contribution < -0.4 is 9.47 Å². The topological polar surface area (TPSA) is 18.5 Å². The van der Waals surface area contributed by atoms with Crippen LogP contribution in [0.1, 0.15) is 25.0 Å². The molecule has 0 saturated heterocycles. The standard InChI is InChI=1S/C19H20O2/c1-5-20-17-13-9-7-11-15(17)19(3,4)16-12-8-10-14-18(16)21-6-2/h5-14H,1-2H2,3-4H3. The average Bonchev–Trinajstić information content (AvgIpc) is 2.49. The summed E-state index contributed by atoms with van der Waals surface area (Å²) in [4.78, 5) is 0. The van der Waals surface area contributed by atoms with Gasteiger partial charge < -0.3 is 9.47 Å². The van der Waals surface area contributed by atoms with E-state index in [0.717, 1.165) is 22.6 Å². The Morgan fingerprint density at radius 3 is 1.52 bits per heavy atom. The molecule has 2 nitrogen and oxygen atoms in total. The van der Waals surface area contributed by atoms with Gasteiger partial charge in [0.15, 0.2) is 0 Å². The molecular weight excluding hydrogens is 260 g/mol. The molecule has 0 bridgehead atoms. The molecule has 2 aromatic carbocycles. The number of rotatable bonds is 6. The molecule has 0 atom stereocenters. The molecule has 108 valence electrons. The van der Waals surface area contributed by atoms with E-state index in [-0.39, 0.29) is 5.41 Å². The van der Waals surface area contributed by atoms with Crippen molar-refractivity contribution in [3.63, 3.8) is 0 Å². The zero-order valence-corrected chi connectivity index (χ0v) is 12.5. The van der Waals surface area contributed by atoms with E-state index < -0.39 is 0 Å². The summed E-state index contributed by atoms with van der Waals surface area (Å²) in [5, 5.41) is 0. The molecule has 0 spiro atoms. The van der Waals surface area contributed by atoms with Crippen LogP contribution in [0, 0.1) is 0 Å². The highest BCUT2D eigenvalue weighted by molar-refractivity contribution is 5.50. The first kappa shape index (κ1) is 14.9. The first-order chi connectivity index (χ1) is 10.1. The Balaban J connectivity index is 2.56. The number of ether oxygens (including phenoxy) is 2. The van der Waals surface area contributed by atoms with Crippen LogP contribution in [0.25, 0.3) is 0 Å². The van der Waals surface area contributed by atoms with Crippen molar-refractivity contribution in [3.8, 4) is 11.5 Å². The van der Waals surface area contributed by atoms with E-state index in [1.807, 2.05) is 36.4 Å². The normalized spacial score (nSPS) is 10.8. The smallest absolute Gasteiger partial charge is 0.130 e. The molecule has 2 heteroatoms. The second kappa shape index (κ2) is 6.31. The molecule has 0 aliphatic carbocycles. The fourth-order valence-electron chi connectivity index (χ4n) is 2.50. The molecule has 0 aliphatic heterocycles. The summed E-state index contributed by atoms with van der Waals surface area (Å²) < 4.78 is 11.1. The maximum Gasteiger partial charge on any atom is 0.130 e. The van der Waals surface area contributed by atoms with E-state index in [1.165, 1.54) is 12.5 Å². The zero-order valence-electron chi connectivity index (χ0n) is 12.5. The SMILES string of the molecule is C=COc1ccccc1C(C)(C)c1ccccc1OC=C. The van der Waals surface area contributed by atoms with Gasteiger partial charge in [-0.25, -0.2) is 0 Å². The van der Waals surface area contributed by atoms with Gasteiger partial charge in [0.05, 0.1) is 12.5 Å². The van der Waals surface area contributed by atoms with Crippen LogP contribution in [0.2, 0.25) is 0 Å². The van der Waals surface area contributed by atoms with Gasteiger partial charge in [-0.2, -0.15) is 0 Å². The van der Waals surface area contributed by atoms with Crippen molar-refractivity contribution in [2.75, 3.05) is 0 Å². The Kier molecular flexibility index (Phi) is 4.49. The van der Waals surface area contributed by atoms with E-state index in [1.54, 1.807) is 0 Å². The van der Waals surface area contributed by atoms with Gasteiger partial charge in [-0.1, -0.05) is 63.4 Å². The molecule has 2 rings (SSSR count).